The molecule has 4 bridgehead atoms. The van der Waals surface area contributed by atoms with E-state index in [4.69, 9.17) is 11.6 Å². The van der Waals surface area contributed by atoms with Gasteiger partial charge in [0.2, 0.25) is 5.91 Å². The van der Waals surface area contributed by atoms with E-state index in [-0.39, 0.29) is 16.7 Å². The van der Waals surface area contributed by atoms with Gasteiger partial charge in [-0.1, -0.05) is 23.4 Å². The highest BCUT2D eigenvalue weighted by molar-refractivity contribution is 8.00. The Hall–Kier alpha value is -1.53. The van der Waals surface area contributed by atoms with Crippen LogP contribution < -0.4 is 5.32 Å². The molecule has 4 fully saturated rings. The Morgan fingerprint density at radius 2 is 1.72 bits per heavy atom. The second kappa shape index (κ2) is 7.31. The summed E-state index contributed by atoms with van der Waals surface area (Å²) in [5.74, 6) is 3.38. The van der Waals surface area contributed by atoms with Crippen LogP contribution in [0.2, 0.25) is 5.02 Å². The van der Waals surface area contributed by atoms with Crippen LogP contribution in [0.3, 0.4) is 0 Å². The molecule has 0 saturated heterocycles. The molecule has 2 aromatic rings. The number of thioether (sulfide) groups is 1. The number of hydrogen-bond acceptors (Lipinski definition) is 4. The van der Waals surface area contributed by atoms with E-state index in [0.29, 0.717) is 5.02 Å². The second-order valence-corrected chi connectivity index (χ2v) is 11.1. The molecule has 1 unspecified atom stereocenters. The fourth-order valence-electron chi connectivity index (χ4n) is 6.11. The van der Waals surface area contributed by atoms with Crippen molar-refractivity contribution in [2.75, 3.05) is 0 Å². The van der Waals surface area contributed by atoms with Gasteiger partial charge in [0.25, 0.3) is 0 Å². The van der Waals surface area contributed by atoms with Gasteiger partial charge in [0, 0.05) is 23.2 Å². The van der Waals surface area contributed by atoms with Gasteiger partial charge in [0.05, 0.1) is 5.25 Å². The number of carbonyl (C=O) groups excluding carboxylic acids is 1. The van der Waals surface area contributed by atoms with Crippen LogP contribution in [-0.2, 0) is 11.8 Å². The first-order chi connectivity index (χ1) is 13.9. The van der Waals surface area contributed by atoms with Crippen molar-refractivity contribution in [2.45, 2.75) is 61.4 Å². The van der Waals surface area contributed by atoms with Crippen LogP contribution in [0.4, 0.5) is 0 Å². The summed E-state index contributed by atoms with van der Waals surface area (Å²) in [6, 6.07) is 7.56. The smallest absolute Gasteiger partial charge is 0.233 e. The molecule has 0 spiro atoms. The molecule has 4 saturated carbocycles. The maximum atomic E-state index is 13.1. The van der Waals surface area contributed by atoms with Gasteiger partial charge in [-0.25, -0.2) is 0 Å². The zero-order chi connectivity index (χ0) is 20.2. The Morgan fingerprint density at radius 1 is 1.14 bits per heavy atom. The van der Waals surface area contributed by atoms with E-state index in [1.54, 1.807) is 0 Å². The molecule has 4 aliphatic carbocycles. The van der Waals surface area contributed by atoms with Gasteiger partial charge < -0.3 is 9.88 Å². The molecule has 6 rings (SSSR count). The van der Waals surface area contributed by atoms with E-state index in [1.807, 2.05) is 42.8 Å². The Kier molecular flexibility index (Phi) is 4.90. The SMILES string of the molecule is CC(Sc1nnc(-c2ccc(Cl)cc2)n1C)C(=O)NC12CC3CC(CC(C3)C1)C2. The molecule has 0 aliphatic heterocycles. The monoisotopic (exact) mass is 430 g/mol. The first-order valence-corrected chi connectivity index (χ1v) is 11.8. The minimum atomic E-state index is -0.205. The molecule has 154 valence electrons. The lowest BCUT2D eigenvalue weighted by molar-refractivity contribution is -0.126. The van der Waals surface area contributed by atoms with E-state index in [9.17, 15) is 4.79 Å². The largest absolute Gasteiger partial charge is 0.350 e. The van der Waals surface area contributed by atoms with Gasteiger partial charge in [-0.3, -0.25) is 4.79 Å². The molecule has 29 heavy (non-hydrogen) atoms. The third-order valence-electron chi connectivity index (χ3n) is 7.02. The number of nitrogens with zero attached hydrogens (tertiary/aromatic N) is 3. The van der Waals surface area contributed by atoms with Crippen LogP contribution >= 0.6 is 23.4 Å². The van der Waals surface area contributed by atoms with E-state index in [1.165, 1.54) is 50.3 Å². The summed E-state index contributed by atoms with van der Waals surface area (Å²) in [5, 5.41) is 13.4. The highest BCUT2D eigenvalue weighted by atomic mass is 35.5. The van der Waals surface area contributed by atoms with Crippen molar-refractivity contribution in [1.82, 2.24) is 20.1 Å². The summed E-state index contributed by atoms with van der Waals surface area (Å²) in [4.78, 5) is 13.1. The lowest BCUT2D eigenvalue weighted by Crippen LogP contribution is -2.60. The number of amides is 1. The van der Waals surface area contributed by atoms with Crippen molar-refractivity contribution in [2.24, 2.45) is 24.8 Å². The molecule has 7 heteroatoms. The van der Waals surface area contributed by atoms with Crippen molar-refractivity contribution in [3.05, 3.63) is 29.3 Å². The number of halogens is 1. The normalized spacial score (nSPS) is 31.1. The summed E-state index contributed by atoms with van der Waals surface area (Å²) in [6.07, 6.45) is 7.66. The van der Waals surface area contributed by atoms with Gasteiger partial charge in [-0.05, 0) is 87.5 Å². The minimum Gasteiger partial charge on any atom is -0.350 e. The van der Waals surface area contributed by atoms with Crippen LogP contribution in [0.5, 0.6) is 0 Å². The molecule has 4 aliphatic rings. The van der Waals surface area contributed by atoms with Crippen LogP contribution in [0, 0.1) is 17.8 Å². The molecular formula is C22H27ClN4OS. The average Bonchev–Trinajstić information content (AvgIpc) is 3.01. The number of nitrogens with one attached hydrogen (secondary N) is 1. The van der Waals surface area contributed by atoms with Crippen molar-refractivity contribution >= 4 is 29.3 Å². The van der Waals surface area contributed by atoms with Crippen LogP contribution in [0.25, 0.3) is 11.4 Å². The lowest BCUT2D eigenvalue weighted by atomic mass is 9.53. The fourth-order valence-corrected chi connectivity index (χ4v) is 7.05. The van der Waals surface area contributed by atoms with E-state index in [0.717, 1.165) is 34.3 Å². The van der Waals surface area contributed by atoms with Gasteiger partial charge in [-0.15, -0.1) is 10.2 Å². The maximum Gasteiger partial charge on any atom is 0.233 e. The molecule has 1 aromatic carbocycles. The molecular weight excluding hydrogens is 404 g/mol. The van der Waals surface area contributed by atoms with E-state index >= 15 is 0 Å². The Morgan fingerprint density at radius 3 is 2.31 bits per heavy atom. The third kappa shape index (κ3) is 3.70. The van der Waals surface area contributed by atoms with Crippen LogP contribution in [0.15, 0.2) is 29.4 Å². The zero-order valence-corrected chi connectivity index (χ0v) is 18.5. The average molecular weight is 431 g/mol. The summed E-state index contributed by atoms with van der Waals surface area (Å²) in [6.45, 7) is 1.97. The standard InChI is InChI=1S/C22H27ClN4OS/c1-13(20(28)24-22-10-14-7-15(11-22)9-16(8-14)12-22)29-21-26-25-19(27(21)2)17-3-5-18(23)6-4-17/h3-6,13-16H,7-12H2,1-2H3,(H,24,28). The van der Waals surface area contributed by atoms with Crippen LogP contribution in [-0.4, -0.2) is 31.5 Å². The molecule has 1 heterocycles. The molecule has 1 amide bonds. The van der Waals surface area contributed by atoms with Gasteiger partial charge in [0.15, 0.2) is 11.0 Å². The Labute approximate surface area is 181 Å². The summed E-state index contributed by atoms with van der Waals surface area (Å²) in [5.41, 5.74) is 1.01. The summed E-state index contributed by atoms with van der Waals surface area (Å²) < 4.78 is 1.95. The third-order valence-corrected chi connectivity index (χ3v) is 8.40. The zero-order valence-electron chi connectivity index (χ0n) is 16.9. The van der Waals surface area contributed by atoms with Gasteiger partial charge >= 0.3 is 0 Å². The second-order valence-electron chi connectivity index (χ2n) is 9.32. The molecule has 1 atom stereocenters. The molecule has 1 N–H and O–H groups in total. The Balaban J connectivity index is 1.27. The lowest BCUT2D eigenvalue weighted by Gasteiger charge is -2.57. The Bertz CT molecular complexity index is 890. The predicted molar refractivity (Wildman–Crippen MR) is 116 cm³/mol. The van der Waals surface area contributed by atoms with Crippen molar-refractivity contribution < 1.29 is 4.79 Å². The van der Waals surface area contributed by atoms with E-state index < -0.39 is 0 Å². The quantitative estimate of drug-likeness (QED) is 0.698. The molecule has 5 nitrogen and oxygen atoms in total. The van der Waals surface area contributed by atoms with Crippen molar-refractivity contribution in [3.63, 3.8) is 0 Å². The summed E-state index contributed by atoms with van der Waals surface area (Å²) in [7, 11) is 1.94. The highest BCUT2D eigenvalue weighted by Crippen LogP contribution is 2.55. The fraction of sp³-hybridized carbons (Fsp3) is 0.591. The predicted octanol–water partition coefficient (Wildman–Crippen LogP) is 4.70. The molecule has 1 aromatic heterocycles. The van der Waals surface area contributed by atoms with Crippen molar-refractivity contribution in [1.29, 1.82) is 0 Å². The van der Waals surface area contributed by atoms with Gasteiger partial charge in [0.1, 0.15) is 0 Å². The van der Waals surface area contributed by atoms with E-state index in [2.05, 4.69) is 15.5 Å². The topological polar surface area (TPSA) is 59.8 Å². The number of rotatable bonds is 5. The number of benzene rings is 1. The number of carbonyl (C=O) groups is 1. The van der Waals surface area contributed by atoms with Gasteiger partial charge in [-0.2, -0.15) is 0 Å². The number of aromatic nitrogens is 3. The van der Waals surface area contributed by atoms with Crippen molar-refractivity contribution in [3.8, 4) is 11.4 Å². The van der Waals surface area contributed by atoms with Crippen LogP contribution in [0.1, 0.15) is 45.4 Å². The highest BCUT2D eigenvalue weighted by Gasteiger charge is 2.51. The first kappa shape index (κ1) is 19.4. The molecule has 0 radical (unpaired) electrons. The maximum absolute atomic E-state index is 13.1. The minimum absolute atomic E-state index is 0.0506. The number of hydrogen-bond donors (Lipinski definition) is 1. The first-order valence-electron chi connectivity index (χ1n) is 10.5. The summed E-state index contributed by atoms with van der Waals surface area (Å²) >= 11 is 7.46.